The van der Waals surface area contributed by atoms with Crippen molar-refractivity contribution in [2.75, 3.05) is 0 Å². The SMILES string of the molecule is OC1(I)C(I)(I)C(I)(I)C(I)(I)C(I)(I)C(I)(I)C1(I)I. The lowest BCUT2D eigenvalue weighted by atomic mass is 10.1. The Morgan fingerprint density at radius 3 is 0.667 bits per heavy atom. The van der Waals surface area contributed by atoms with E-state index in [0.29, 0.717) is 0 Å². The van der Waals surface area contributed by atoms with Crippen molar-refractivity contribution in [2.24, 2.45) is 0 Å². The highest BCUT2D eigenvalue weighted by Gasteiger charge is 2.84. The molecule has 0 radical (unpaired) electrons. The van der Waals surface area contributed by atoms with Crippen LogP contribution in [0, 0.1) is 0 Å². The van der Waals surface area contributed by atoms with Gasteiger partial charge >= 0.3 is 0 Å². The van der Waals surface area contributed by atoms with Gasteiger partial charge in [0.25, 0.3) is 0 Å². The second-order valence-electron chi connectivity index (χ2n) is 4.07. The van der Waals surface area contributed by atoms with Crippen LogP contribution in [0.15, 0.2) is 0 Å². The molecular formula is C7HI13O. The summed E-state index contributed by atoms with van der Waals surface area (Å²) in [5.74, 6) is 0. The molecule has 1 N–H and O–H groups in total. The van der Waals surface area contributed by atoms with Gasteiger partial charge in [-0.2, -0.15) is 0 Å². The summed E-state index contributed by atoms with van der Waals surface area (Å²) in [5.41, 5.74) is 0. The Labute approximate surface area is 301 Å². The maximum Gasteiger partial charge on any atom is 0.166 e. The molecule has 0 heterocycles. The van der Waals surface area contributed by atoms with E-state index in [-0.39, 0.29) is 8.57 Å². The van der Waals surface area contributed by atoms with Crippen molar-refractivity contribution in [3.8, 4) is 0 Å². The van der Waals surface area contributed by atoms with Gasteiger partial charge in [-0.05, 0) is 22.6 Å². The van der Waals surface area contributed by atoms with E-state index in [1.54, 1.807) is 0 Å². The predicted molar refractivity (Wildman–Crippen MR) is 204 cm³/mol. The van der Waals surface area contributed by atoms with Crippen LogP contribution in [-0.4, -0.2) is 17.3 Å². The minimum absolute atomic E-state index is 0.0836. The van der Waals surface area contributed by atoms with Crippen LogP contribution >= 0.6 is 294 Å². The lowest BCUT2D eigenvalue weighted by Gasteiger charge is -2.50. The van der Waals surface area contributed by atoms with Gasteiger partial charge in [0, 0.05) is 0 Å². The summed E-state index contributed by atoms with van der Waals surface area (Å²) in [7, 11) is 0. The van der Waals surface area contributed by atoms with Gasteiger partial charge in [0.05, 0.1) is 0 Å². The van der Waals surface area contributed by atoms with Crippen LogP contribution in [0.3, 0.4) is 0 Å². The van der Waals surface area contributed by atoms with E-state index in [1.807, 2.05) is 0 Å². The zero-order valence-electron chi connectivity index (χ0n) is 8.86. The smallest absolute Gasteiger partial charge is 0.166 e. The van der Waals surface area contributed by atoms with Crippen molar-refractivity contribution >= 4 is 294 Å². The van der Waals surface area contributed by atoms with E-state index in [4.69, 9.17) is 0 Å². The van der Waals surface area contributed by atoms with Gasteiger partial charge in [-0.1, -0.05) is 271 Å². The van der Waals surface area contributed by atoms with E-state index in [1.165, 1.54) is 0 Å². The molecule has 14 heteroatoms. The zero-order chi connectivity index (χ0) is 17.5. The van der Waals surface area contributed by atoms with Crippen LogP contribution < -0.4 is 0 Å². The van der Waals surface area contributed by atoms with Gasteiger partial charge < -0.3 is 5.11 Å². The summed E-state index contributed by atoms with van der Waals surface area (Å²) in [5, 5.41) is 11.7. The Bertz CT molecular complexity index is 304. The number of alkyl halides is 13. The van der Waals surface area contributed by atoms with Crippen molar-refractivity contribution in [2.45, 2.75) is 12.2 Å². The van der Waals surface area contributed by atoms with E-state index in [2.05, 4.69) is 294 Å². The van der Waals surface area contributed by atoms with Crippen LogP contribution in [0.1, 0.15) is 0 Å². The first kappa shape index (κ1) is 28.5. The molecule has 0 atom stereocenters. The van der Waals surface area contributed by atoms with Gasteiger partial charge in [-0.15, -0.1) is 0 Å². The summed E-state index contributed by atoms with van der Waals surface area (Å²) in [6.45, 7) is 0. The Hall–Kier alpha value is 9.45. The molecule has 0 spiro atoms. The lowest BCUT2D eigenvalue weighted by molar-refractivity contribution is 0.153. The Balaban J connectivity index is 3.97. The minimum Gasteiger partial charge on any atom is -0.375 e. The van der Waals surface area contributed by atoms with E-state index in [9.17, 15) is 5.11 Å². The molecule has 0 bridgehead atoms. The molecule has 0 aromatic carbocycles. The van der Waals surface area contributed by atoms with Gasteiger partial charge in [0.15, 0.2) is 3.61 Å². The number of aliphatic hydroxyl groups is 1. The number of hydrogen-bond acceptors (Lipinski definition) is 1. The molecule has 1 fully saturated rings. The Morgan fingerprint density at radius 1 is 0.333 bits per heavy atom. The molecule has 1 rings (SSSR count). The summed E-state index contributed by atoms with van der Waals surface area (Å²) in [4.78, 5) is 0. The average Bonchev–Trinajstić information content (AvgIpc) is 2.26. The lowest BCUT2D eigenvalue weighted by Crippen LogP contribution is -2.62. The molecule has 1 nitrogen and oxygen atoms in total. The molecule has 0 amide bonds. The van der Waals surface area contributed by atoms with Crippen molar-refractivity contribution in [1.82, 2.24) is 0 Å². The van der Waals surface area contributed by atoms with Crippen molar-refractivity contribution in [3.05, 3.63) is 0 Å². The van der Waals surface area contributed by atoms with E-state index < -0.39 is 3.61 Å². The summed E-state index contributed by atoms with van der Waals surface area (Å²) in [6.07, 6.45) is 0. The number of hydrogen-bond donors (Lipinski definition) is 1. The van der Waals surface area contributed by atoms with Crippen molar-refractivity contribution in [1.29, 1.82) is 0 Å². The van der Waals surface area contributed by atoms with Crippen LogP contribution in [0.2, 0.25) is 0 Å². The van der Waals surface area contributed by atoms with Gasteiger partial charge in [0.2, 0.25) is 0 Å². The fraction of sp³-hybridized carbons (Fsp3) is 1.00. The second kappa shape index (κ2) is 9.00. The zero-order valence-corrected chi connectivity index (χ0v) is 36.9. The fourth-order valence-electron chi connectivity index (χ4n) is 1.40. The van der Waals surface area contributed by atoms with Gasteiger partial charge in [-0.3, -0.25) is 0 Å². The van der Waals surface area contributed by atoms with Crippen molar-refractivity contribution in [3.63, 3.8) is 0 Å². The van der Waals surface area contributed by atoms with Gasteiger partial charge in [0.1, 0.15) is 8.57 Å². The summed E-state index contributed by atoms with van der Waals surface area (Å²) >= 11 is 32.8. The molecule has 0 aromatic rings. The second-order valence-corrected chi connectivity index (χ2v) is 37.4. The van der Waals surface area contributed by atoms with Crippen LogP contribution in [0.25, 0.3) is 0 Å². The molecule has 21 heavy (non-hydrogen) atoms. The summed E-state index contributed by atoms with van der Waals surface area (Å²) in [6, 6.07) is 0. The molecule has 0 unspecified atom stereocenters. The molecule has 1 aliphatic rings. The van der Waals surface area contributed by atoms with Crippen LogP contribution in [-0.2, 0) is 0 Å². The highest BCUT2D eigenvalue weighted by molar-refractivity contribution is 14.2. The third kappa shape index (κ3) is 4.23. The minimum atomic E-state index is -0.898. The van der Waals surface area contributed by atoms with Crippen LogP contribution in [0.4, 0.5) is 0 Å². The third-order valence-corrected chi connectivity index (χ3v) is 48.5. The first-order valence-corrected chi connectivity index (χ1v) is 18.5. The highest BCUT2D eigenvalue weighted by Crippen LogP contribution is 2.82. The van der Waals surface area contributed by atoms with E-state index in [0.717, 1.165) is 0 Å². The Morgan fingerprint density at radius 2 is 0.476 bits per heavy atom. The summed E-state index contributed by atoms with van der Waals surface area (Å²) < 4.78 is -2.13. The largest absolute Gasteiger partial charge is 0.375 e. The van der Waals surface area contributed by atoms with Crippen molar-refractivity contribution < 1.29 is 5.11 Å². The first-order chi connectivity index (χ1) is 8.75. The molecule has 0 aliphatic heterocycles. The Kier molecular flexibility index (Phi) is 12.2. The van der Waals surface area contributed by atoms with Crippen LogP contribution in [0.5, 0.6) is 0 Å². The number of halogens is 13. The normalized spacial score (nSPS) is 34.0. The quantitative estimate of drug-likeness (QED) is 0.146. The maximum absolute atomic E-state index is 11.7. The van der Waals surface area contributed by atoms with Gasteiger partial charge in [-0.25, -0.2) is 0 Å². The molecule has 1 aliphatic carbocycles. The number of rotatable bonds is 0. The molecule has 126 valence electrons. The average molecular weight is 1750 g/mol. The fourth-order valence-corrected chi connectivity index (χ4v) is 24.2. The predicted octanol–water partition coefficient (Wildman–Crippen LogP) is 9.52. The maximum atomic E-state index is 11.7. The standard InChI is InChI=1S/C7HI13O/c8-1(9)2(10,11)4(14,15)6(18,19)7(20,21)5(16,17)3(1,12)13/h21H. The highest BCUT2D eigenvalue weighted by atomic mass is 127. The topological polar surface area (TPSA) is 20.2 Å². The molecule has 0 aromatic heterocycles. The van der Waals surface area contributed by atoms with E-state index >= 15 is 0 Å². The molecule has 1 saturated carbocycles. The molecular weight excluding hydrogens is 1750 g/mol. The monoisotopic (exact) mass is 1750 g/mol. The molecule has 0 saturated heterocycles. The third-order valence-electron chi connectivity index (χ3n) is 2.80. The first-order valence-electron chi connectivity index (χ1n) is 4.43.